The van der Waals surface area contributed by atoms with Crippen molar-refractivity contribution in [3.8, 4) is 17.2 Å². The molecule has 0 spiro atoms. The summed E-state index contributed by atoms with van der Waals surface area (Å²) in [6.45, 7) is 3.30. The standard InChI is InChI=1S/C26H30Cl2N2O6/c1-6-36-19-9-8-15(12-20(19)34-4)22-21(24(32)26(33)30(22)11-7-10-29(2)3)23(31)17-13-16(27)14-18(28)25(17)35-5/h8-9,12-14,22,31H,6-7,10-11H2,1-5H3/b23-21+. The van der Waals surface area contributed by atoms with E-state index in [2.05, 4.69) is 0 Å². The predicted molar refractivity (Wildman–Crippen MR) is 139 cm³/mol. The van der Waals surface area contributed by atoms with Gasteiger partial charge in [0.15, 0.2) is 11.5 Å². The molecule has 1 N–H and O–H groups in total. The maximum Gasteiger partial charge on any atom is 0.295 e. The fourth-order valence-corrected chi connectivity index (χ4v) is 4.80. The van der Waals surface area contributed by atoms with Gasteiger partial charge in [-0.1, -0.05) is 29.3 Å². The molecule has 2 aromatic carbocycles. The van der Waals surface area contributed by atoms with Crippen LogP contribution in [0.25, 0.3) is 5.76 Å². The number of methoxy groups -OCH3 is 2. The molecule has 36 heavy (non-hydrogen) atoms. The first kappa shape index (κ1) is 27.6. The average molecular weight is 537 g/mol. The minimum atomic E-state index is -0.876. The Morgan fingerprint density at radius 1 is 1.08 bits per heavy atom. The number of ether oxygens (including phenoxy) is 3. The molecule has 1 aliphatic rings. The fourth-order valence-electron chi connectivity index (χ4n) is 4.23. The Labute approximate surface area is 220 Å². The van der Waals surface area contributed by atoms with Gasteiger partial charge in [-0.15, -0.1) is 0 Å². The smallest absolute Gasteiger partial charge is 0.295 e. The van der Waals surface area contributed by atoms with Crippen molar-refractivity contribution in [3.63, 3.8) is 0 Å². The maximum absolute atomic E-state index is 13.3. The molecule has 0 aromatic heterocycles. The number of amides is 1. The van der Waals surface area contributed by atoms with E-state index in [4.69, 9.17) is 37.4 Å². The SMILES string of the molecule is CCOc1ccc(C2/C(=C(\O)c3cc(Cl)cc(Cl)c3OC)C(=O)C(=O)N2CCCN(C)C)cc1OC. The molecule has 10 heteroatoms. The third kappa shape index (κ3) is 5.56. The zero-order chi connectivity index (χ0) is 26.6. The van der Waals surface area contributed by atoms with E-state index in [1.54, 1.807) is 18.2 Å². The van der Waals surface area contributed by atoms with E-state index < -0.39 is 23.5 Å². The number of hydrogen-bond acceptors (Lipinski definition) is 7. The molecule has 0 radical (unpaired) electrons. The summed E-state index contributed by atoms with van der Waals surface area (Å²) in [5.41, 5.74) is 0.602. The number of benzene rings is 2. The predicted octanol–water partition coefficient (Wildman–Crippen LogP) is 4.78. The second kappa shape index (κ2) is 11.9. The minimum Gasteiger partial charge on any atom is -0.507 e. The molecule has 3 rings (SSSR count). The first-order valence-corrected chi connectivity index (χ1v) is 12.2. The van der Waals surface area contributed by atoms with E-state index in [1.165, 1.54) is 31.3 Å². The van der Waals surface area contributed by atoms with Gasteiger partial charge in [-0.25, -0.2) is 0 Å². The highest BCUT2D eigenvalue weighted by atomic mass is 35.5. The minimum absolute atomic E-state index is 0.0901. The number of aliphatic hydroxyl groups excluding tert-OH is 1. The van der Waals surface area contributed by atoms with Crippen molar-refractivity contribution in [1.82, 2.24) is 9.80 Å². The Bertz CT molecular complexity index is 1180. The number of ketones is 1. The normalized spacial score (nSPS) is 17.1. The monoisotopic (exact) mass is 536 g/mol. The number of rotatable bonds is 10. The molecule has 0 bridgehead atoms. The van der Waals surface area contributed by atoms with Crippen molar-refractivity contribution in [2.24, 2.45) is 0 Å². The summed E-state index contributed by atoms with van der Waals surface area (Å²) in [7, 11) is 6.76. The quantitative estimate of drug-likeness (QED) is 0.265. The second-order valence-electron chi connectivity index (χ2n) is 8.46. The molecule has 1 heterocycles. The largest absolute Gasteiger partial charge is 0.507 e. The topological polar surface area (TPSA) is 88.5 Å². The zero-order valence-corrected chi connectivity index (χ0v) is 22.4. The van der Waals surface area contributed by atoms with Crippen LogP contribution in [0.3, 0.4) is 0 Å². The Morgan fingerprint density at radius 2 is 1.81 bits per heavy atom. The van der Waals surface area contributed by atoms with E-state index in [0.29, 0.717) is 43.2 Å². The van der Waals surface area contributed by atoms with Crippen molar-refractivity contribution < 1.29 is 28.9 Å². The number of halogens is 2. The molecular formula is C26H30Cl2N2O6. The molecule has 1 fully saturated rings. The maximum atomic E-state index is 13.3. The Hall–Kier alpha value is -2.94. The van der Waals surface area contributed by atoms with Crippen LogP contribution >= 0.6 is 23.2 Å². The molecule has 1 amide bonds. The van der Waals surface area contributed by atoms with Gasteiger partial charge in [-0.2, -0.15) is 0 Å². The van der Waals surface area contributed by atoms with E-state index in [0.717, 1.165) is 0 Å². The Balaban J connectivity index is 2.23. The van der Waals surface area contributed by atoms with Crippen molar-refractivity contribution in [3.05, 3.63) is 57.1 Å². The highest BCUT2D eigenvalue weighted by Crippen LogP contribution is 2.44. The first-order chi connectivity index (χ1) is 17.1. The van der Waals surface area contributed by atoms with Crippen LogP contribution in [0.15, 0.2) is 35.9 Å². The van der Waals surface area contributed by atoms with E-state index >= 15 is 0 Å². The van der Waals surface area contributed by atoms with E-state index in [-0.39, 0.29) is 26.9 Å². The number of aliphatic hydroxyl groups is 1. The van der Waals surface area contributed by atoms with Crippen LogP contribution in [0, 0.1) is 0 Å². The van der Waals surface area contributed by atoms with Gasteiger partial charge in [0.25, 0.3) is 11.7 Å². The van der Waals surface area contributed by atoms with Gasteiger partial charge in [0.1, 0.15) is 11.5 Å². The first-order valence-electron chi connectivity index (χ1n) is 11.4. The summed E-state index contributed by atoms with van der Waals surface area (Å²) in [4.78, 5) is 30.0. The number of Topliss-reactive ketones (excluding diaryl/α,β-unsaturated/α-hetero) is 1. The molecule has 0 saturated carbocycles. The van der Waals surface area contributed by atoms with Crippen molar-refractivity contribution >= 4 is 40.7 Å². The molecule has 1 saturated heterocycles. The zero-order valence-electron chi connectivity index (χ0n) is 20.9. The molecule has 0 aliphatic carbocycles. The molecule has 1 unspecified atom stereocenters. The van der Waals surface area contributed by atoms with Gasteiger partial charge < -0.3 is 29.1 Å². The fraction of sp³-hybridized carbons (Fsp3) is 0.385. The van der Waals surface area contributed by atoms with Crippen LogP contribution in [0.4, 0.5) is 0 Å². The lowest BCUT2D eigenvalue weighted by Gasteiger charge is -2.26. The van der Waals surface area contributed by atoms with E-state index in [1.807, 2.05) is 25.9 Å². The van der Waals surface area contributed by atoms with Crippen LogP contribution < -0.4 is 14.2 Å². The van der Waals surface area contributed by atoms with Crippen molar-refractivity contribution in [2.75, 3.05) is 48.0 Å². The molecule has 8 nitrogen and oxygen atoms in total. The van der Waals surface area contributed by atoms with Crippen LogP contribution in [0.1, 0.15) is 30.5 Å². The summed E-state index contributed by atoms with van der Waals surface area (Å²) in [5, 5.41) is 11.8. The highest BCUT2D eigenvalue weighted by Gasteiger charge is 2.46. The number of nitrogens with zero attached hydrogens (tertiary/aromatic N) is 2. The molecular weight excluding hydrogens is 507 g/mol. The van der Waals surface area contributed by atoms with Crippen molar-refractivity contribution in [2.45, 2.75) is 19.4 Å². The highest BCUT2D eigenvalue weighted by molar-refractivity contribution is 6.46. The van der Waals surface area contributed by atoms with Crippen LogP contribution in [0.2, 0.25) is 10.0 Å². The summed E-state index contributed by atoms with van der Waals surface area (Å²) >= 11 is 12.5. The molecule has 1 atom stereocenters. The van der Waals surface area contributed by atoms with Gasteiger partial charge in [0.05, 0.1) is 43.0 Å². The summed E-state index contributed by atoms with van der Waals surface area (Å²) in [6.07, 6.45) is 0.622. The third-order valence-electron chi connectivity index (χ3n) is 5.82. The Kier molecular flexibility index (Phi) is 9.11. The van der Waals surface area contributed by atoms with Crippen LogP contribution in [0.5, 0.6) is 17.2 Å². The third-order valence-corrected chi connectivity index (χ3v) is 6.31. The summed E-state index contributed by atoms with van der Waals surface area (Å²) in [6, 6.07) is 7.20. The summed E-state index contributed by atoms with van der Waals surface area (Å²) in [5.74, 6) is -0.843. The van der Waals surface area contributed by atoms with Gasteiger partial charge in [-0.05, 0) is 63.8 Å². The number of hydrogen-bond donors (Lipinski definition) is 1. The van der Waals surface area contributed by atoms with Gasteiger partial charge in [0, 0.05) is 11.6 Å². The summed E-state index contributed by atoms with van der Waals surface area (Å²) < 4.78 is 16.5. The lowest BCUT2D eigenvalue weighted by Crippen LogP contribution is -2.32. The van der Waals surface area contributed by atoms with Gasteiger partial charge in [-0.3, -0.25) is 9.59 Å². The lowest BCUT2D eigenvalue weighted by molar-refractivity contribution is -0.139. The number of carbonyl (C=O) groups excluding carboxylic acids is 2. The lowest BCUT2D eigenvalue weighted by atomic mass is 9.94. The molecule has 2 aromatic rings. The molecule has 1 aliphatic heterocycles. The Morgan fingerprint density at radius 3 is 2.42 bits per heavy atom. The average Bonchev–Trinajstić information content (AvgIpc) is 3.08. The number of likely N-dealkylation sites (tertiary alicyclic amines) is 1. The van der Waals surface area contributed by atoms with Crippen LogP contribution in [-0.2, 0) is 9.59 Å². The van der Waals surface area contributed by atoms with E-state index in [9.17, 15) is 14.7 Å². The van der Waals surface area contributed by atoms with Crippen LogP contribution in [-0.4, -0.2) is 74.6 Å². The van der Waals surface area contributed by atoms with Gasteiger partial charge in [0.2, 0.25) is 0 Å². The molecule has 194 valence electrons. The van der Waals surface area contributed by atoms with Gasteiger partial charge >= 0.3 is 0 Å². The van der Waals surface area contributed by atoms with Crippen molar-refractivity contribution in [1.29, 1.82) is 0 Å². The second-order valence-corrected chi connectivity index (χ2v) is 9.30. The number of carbonyl (C=O) groups is 2.